The number of carbonyl (C=O) groups is 1. The first kappa shape index (κ1) is 18.6. The lowest BCUT2D eigenvalue weighted by Gasteiger charge is -2.23. The van der Waals surface area contributed by atoms with Gasteiger partial charge in [-0.2, -0.15) is 0 Å². The van der Waals surface area contributed by atoms with Crippen molar-refractivity contribution in [2.24, 2.45) is 0 Å². The molecule has 0 spiro atoms. The maximum Gasteiger partial charge on any atom is 0.256 e. The van der Waals surface area contributed by atoms with Crippen LogP contribution in [-0.4, -0.2) is 20.8 Å². The van der Waals surface area contributed by atoms with E-state index in [9.17, 15) is 4.79 Å². The fourth-order valence-corrected chi connectivity index (χ4v) is 3.28. The molecule has 0 radical (unpaired) electrons. The van der Waals surface area contributed by atoms with Gasteiger partial charge in [0.2, 0.25) is 0 Å². The van der Waals surface area contributed by atoms with Gasteiger partial charge in [0, 0.05) is 37.9 Å². The molecule has 4 nitrogen and oxygen atoms in total. The molecule has 142 valence electrons. The molecule has 0 aliphatic rings. The highest BCUT2D eigenvalue weighted by Crippen LogP contribution is 2.22. The number of hydrogen-bond donors (Lipinski definition) is 0. The molecule has 2 aromatic carbocycles. The molecule has 4 rings (SSSR count). The van der Waals surface area contributed by atoms with Crippen LogP contribution < -0.4 is 0 Å². The van der Waals surface area contributed by atoms with Gasteiger partial charge in [-0.25, -0.2) is 0 Å². The van der Waals surface area contributed by atoms with Crippen LogP contribution in [-0.2, 0) is 13.1 Å². The number of benzene rings is 2. The molecule has 0 unspecified atom stereocenters. The maximum atomic E-state index is 13.2. The quantitative estimate of drug-likeness (QED) is 0.474. The molecule has 29 heavy (non-hydrogen) atoms. The van der Waals surface area contributed by atoms with Crippen LogP contribution in [0.4, 0.5) is 0 Å². The first-order chi connectivity index (χ1) is 14.3. The van der Waals surface area contributed by atoms with Gasteiger partial charge in [0.1, 0.15) is 0 Å². The van der Waals surface area contributed by atoms with Gasteiger partial charge in [-0.3, -0.25) is 14.8 Å². The second-order valence-corrected chi connectivity index (χ2v) is 6.83. The SMILES string of the molecule is O=C(c1cccnc1)N(Cc1cccnc1)Cc1cccc(-c2ccccc2)c1. The van der Waals surface area contributed by atoms with E-state index in [0.29, 0.717) is 18.7 Å². The van der Waals surface area contributed by atoms with E-state index in [0.717, 1.165) is 22.3 Å². The number of aromatic nitrogens is 2. The third-order valence-electron chi connectivity index (χ3n) is 4.70. The molecule has 2 aromatic heterocycles. The molecule has 0 saturated carbocycles. The zero-order valence-corrected chi connectivity index (χ0v) is 16.0. The van der Waals surface area contributed by atoms with Crippen molar-refractivity contribution in [3.05, 3.63) is 120 Å². The number of hydrogen-bond acceptors (Lipinski definition) is 3. The Morgan fingerprint density at radius 2 is 1.38 bits per heavy atom. The predicted molar refractivity (Wildman–Crippen MR) is 114 cm³/mol. The van der Waals surface area contributed by atoms with Crippen LogP contribution >= 0.6 is 0 Å². The Hall–Kier alpha value is -3.79. The Bertz CT molecular complexity index is 1070. The van der Waals surface area contributed by atoms with E-state index in [1.807, 2.05) is 41.3 Å². The highest BCUT2D eigenvalue weighted by molar-refractivity contribution is 5.93. The highest BCUT2D eigenvalue weighted by Gasteiger charge is 2.17. The molecule has 1 amide bonds. The van der Waals surface area contributed by atoms with Gasteiger partial charge in [-0.1, -0.05) is 54.6 Å². The van der Waals surface area contributed by atoms with E-state index in [-0.39, 0.29) is 5.91 Å². The van der Waals surface area contributed by atoms with Crippen LogP contribution in [0.25, 0.3) is 11.1 Å². The van der Waals surface area contributed by atoms with Crippen LogP contribution in [0.3, 0.4) is 0 Å². The lowest BCUT2D eigenvalue weighted by atomic mass is 10.0. The normalized spacial score (nSPS) is 10.5. The van der Waals surface area contributed by atoms with Crippen molar-refractivity contribution in [2.75, 3.05) is 0 Å². The van der Waals surface area contributed by atoms with Gasteiger partial charge in [0.25, 0.3) is 5.91 Å². The minimum absolute atomic E-state index is 0.0490. The Morgan fingerprint density at radius 3 is 2.10 bits per heavy atom. The van der Waals surface area contributed by atoms with Crippen molar-refractivity contribution in [3.8, 4) is 11.1 Å². The van der Waals surface area contributed by atoms with Crippen LogP contribution in [0, 0.1) is 0 Å². The minimum atomic E-state index is -0.0490. The summed E-state index contributed by atoms with van der Waals surface area (Å²) in [6, 6.07) is 26.0. The maximum absolute atomic E-state index is 13.2. The molecule has 0 fully saturated rings. The number of nitrogens with zero attached hydrogens (tertiary/aromatic N) is 3. The molecule has 0 bridgehead atoms. The van der Waals surface area contributed by atoms with Crippen molar-refractivity contribution in [1.29, 1.82) is 0 Å². The Balaban J connectivity index is 1.62. The lowest BCUT2D eigenvalue weighted by Crippen LogP contribution is -2.30. The second kappa shape index (κ2) is 8.93. The summed E-state index contributed by atoms with van der Waals surface area (Å²) in [6.07, 6.45) is 6.81. The summed E-state index contributed by atoms with van der Waals surface area (Å²) in [6.45, 7) is 0.987. The number of rotatable bonds is 6. The molecular weight excluding hydrogens is 358 g/mol. The summed E-state index contributed by atoms with van der Waals surface area (Å²) in [5, 5.41) is 0. The average Bonchev–Trinajstić information content (AvgIpc) is 2.80. The number of pyridine rings is 2. The predicted octanol–water partition coefficient (Wildman–Crippen LogP) is 4.99. The van der Waals surface area contributed by atoms with E-state index >= 15 is 0 Å². The zero-order valence-electron chi connectivity index (χ0n) is 16.0. The number of carbonyl (C=O) groups excluding carboxylic acids is 1. The van der Waals surface area contributed by atoms with E-state index in [1.54, 1.807) is 36.9 Å². The molecular formula is C25H21N3O. The molecule has 0 aliphatic heterocycles. The van der Waals surface area contributed by atoms with Crippen LogP contribution in [0.15, 0.2) is 104 Å². The first-order valence-electron chi connectivity index (χ1n) is 9.52. The van der Waals surface area contributed by atoms with Gasteiger partial charge in [0.05, 0.1) is 5.56 Å². The summed E-state index contributed by atoms with van der Waals surface area (Å²) < 4.78 is 0. The van der Waals surface area contributed by atoms with E-state index in [4.69, 9.17) is 0 Å². The summed E-state index contributed by atoms with van der Waals surface area (Å²) in [5.41, 5.74) is 4.94. The van der Waals surface area contributed by atoms with E-state index in [2.05, 4.69) is 40.3 Å². The van der Waals surface area contributed by atoms with Crippen molar-refractivity contribution >= 4 is 5.91 Å². The molecule has 0 saturated heterocycles. The third kappa shape index (κ3) is 4.74. The van der Waals surface area contributed by atoms with E-state index in [1.165, 1.54) is 0 Å². The Labute approximate surface area is 170 Å². The third-order valence-corrected chi connectivity index (χ3v) is 4.70. The lowest BCUT2D eigenvalue weighted by molar-refractivity contribution is 0.0729. The fraction of sp³-hybridized carbons (Fsp3) is 0.0800. The summed E-state index contributed by atoms with van der Waals surface area (Å²) in [4.78, 5) is 23.3. The minimum Gasteiger partial charge on any atom is -0.330 e. The summed E-state index contributed by atoms with van der Waals surface area (Å²) >= 11 is 0. The molecule has 0 aliphatic carbocycles. The highest BCUT2D eigenvalue weighted by atomic mass is 16.2. The first-order valence-corrected chi connectivity index (χ1v) is 9.52. The molecule has 0 N–H and O–H groups in total. The van der Waals surface area contributed by atoms with Crippen molar-refractivity contribution in [1.82, 2.24) is 14.9 Å². The molecule has 4 heteroatoms. The summed E-state index contributed by atoms with van der Waals surface area (Å²) in [7, 11) is 0. The van der Waals surface area contributed by atoms with Crippen molar-refractivity contribution < 1.29 is 4.79 Å². The van der Waals surface area contributed by atoms with Gasteiger partial charge in [-0.15, -0.1) is 0 Å². The van der Waals surface area contributed by atoms with Crippen LogP contribution in [0.5, 0.6) is 0 Å². The van der Waals surface area contributed by atoms with Crippen molar-refractivity contribution in [3.63, 3.8) is 0 Å². The summed E-state index contributed by atoms with van der Waals surface area (Å²) in [5.74, 6) is -0.0490. The van der Waals surface area contributed by atoms with Gasteiger partial charge < -0.3 is 4.90 Å². The molecule has 4 aromatic rings. The standard InChI is InChI=1S/C25H21N3O/c29-25(24-12-6-14-27-17-24)28(19-21-8-5-13-26-16-21)18-20-7-4-11-23(15-20)22-9-2-1-3-10-22/h1-17H,18-19H2. The Morgan fingerprint density at radius 1 is 0.690 bits per heavy atom. The molecule has 0 atom stereocenters. The van der Waals surface area contributed by atoms with Gasteiger partial charge in [0.15, 0.2) is 0 Å². The largest absolute Gasteiger partial charge is 0.330 e. The zero-order chi connectivity index (χ0) is 19.9. The second-order valence-electron chi connectivity index (χ2n) is 6.83. The topological polar surface area (TPSA) is 46.1 Å². The fourth-order valence-electron chi connectivity index (χ4n) is 3.28. The number of amides is 1. The van der Waals surface area contributed by atoms with Gasteiger partial charge >= 0.3 is 0 Å². The average molecular weight is 379 g/mol. The monoisotopic (exact) mass is 379 g/mol. The van der Waals surface area contributed by atoms with Crippen molar-refractivity contribution in [2.45, 2.75) is 13.1 Å². The van der Waals surface area contributed by atoms with Crippen LogP contribution in [0.2, 0.25) is 0 Å². The molecule has 2 heterocycles. The van der Waals surface area contributed by atoms with Gasteiger partial charge in [-0.05, 0) is 46.5 Å². The van der Waals surface area contributed by atoms with Crippen LogP contribution in [0.1, 0.15) is 21.5 Å². The van der Waals surface area contributed by atoms with E-state index < -0.39 is 0 Å². The smallest absolute Gasteiger partial charge is 0.256 e. The Kier molecular flexibility index (Phi) is 5.72.